The van der Waals surface area contributed by atoms with Crippen molar-refractivity contribution in [2.24, 2.45) is 5.73 Å². The van der Waals surface area contributed by atoms with Crippen LogP contribution in [0.2, 0.25) is 0 Å². The van der Waals surface area contributed by atoms with Gasteiger partial charge < -0.3 is 10.6 Å². The van der Waals surface area contributed by atoms with Gasteiger partial charge in [0, 0.05) is 17.7 Å². The van der Waals surface area contributed by atoms with Gasteiger partial charge in [-0.2, -0.15) is 0 Å². The van der Waals surface area contributed by atoms with Crippen molar-refractivity contribution >= 4 is 5.91 Å². The van der Waals surface area contributed by atoms with Crippen LogP contribution in [0.15, 0.2) is 11.1 Å². The molecule has 0 aromatic heterocycles. The van der Waals surface area contributed by atoms with Crippen LogP contribution in [-0.2, 0) is 4.79 Å². The zero-order valence-corrected chi connectivity index (χ0v) is 12.9. The molecule has 106 valence electrons. The zero-order valence-electron chi connectivity index (χ0n) is 12.9. The first-order valence-electron chi connectivity index (χ1n) is 6.68. The second kappa shape index (κ2) is 7.54. The fraction of sp³-hybridized carbons (Fsp3) is 0.786. The summed E-state index contributed by atoms with van der Waals surface area (Å²) in [6.07, 6.45) is 0. The molecule has 0 spiro atoms. The first-order chi connectivity index (χ1) is 8.27. The Bertz CT molecular complexity index is 306. The number of hydrogen-bond acceptors (Lipinski definition) is 3. The van der Waals surface area contributed by atoms with E-state index in [1.165, 1.54) is 0 Å². The molecule has 0 bridgehead atoms. The molecule has 18 heavy (non-hydrogen) atoms. The van der Waals surface area contributed by atoms with Gasteiger partial charge >= 0.3 is 0 Å². The van der Waals surface area contributed by atoms with Crippen molar-refractivity contribution in [3.8, 4) is 0 Å². The van der Waals surface area contributed by atoms with Crippen molar-refractivity contribution in [2.45, 2.75) is 46.7 Å². The molecule has 2 atom stereocenters. The Hall–Kier alpha value is -0.870. The maximum atomic E-state index is 11.5. The number of carbonyl (C=O) groups excluding carboxylic acids is 1. The average molecular weight is 255 g/mol. The van der Waals surface area contributed by atoms with Gasteiger partial charge in [0.05, 0.1) is 0 Å². The lowest BCUT2D eigenvalue weighted by Gasteiger charge is -2.35. The van der Waals surface area contributed by atoms with E-state index in [0.29, 0.717) is 5.57 Å². The Morgan fingerprint density at radius 3 is 1.83 bits per heavy atom. The van der Waals surface area contributed by atoms with Crippen molar-refractivity contribution < 1.29 is 4.79 Å². The van der Waals surface area contributed by atoms with Crippen LogP contribution in [0, 0.1) is 0 Å². The summed E-state index contributed by atoms with van der Waals surface area (Å²) >= 11 is 0. The van der Waals surface area contributed by atoms with E-state index in [4.69, 9.17) is 5.73 Å². The highest BCUT2D eigenvalue weighted by molar-refractivity contribution is 5.92. The van der Waals surface area contributed by atoms with Gasteiger partial charge in [0.15, 0.2) is 0 Å². The molecule has 1 amide bonds. The number of nitrogens with two attached hydrogens (primary N) is 1. The van der Waals surface area contributed by atoms with Crippen LogP contribution < -0.4 is 5.73 Å². The predicted molar refractivity (Wildman–Crippen MR) is 77.4 cm³/mol. The van der Waals surface area contributed by atoms with E-state index in [1.807, 2.05) is 21.0 Å². The van der Waals surface area contributed by atoms with Crippen molar-refractivity contribution in [3.63, 3.8) is 0 Å². The van der Waals surface area contributed by atoms with Gasteiger partial charge in [-0.15, -0.1) is 0 Å². The molecule has 2 N–H and O–H groups in total. The highest BCUT2D eigenvalue weighted by Crippen LogP contribution is 2.21. The van der Waals surface area contributed by atoms with Gasteiger partial charge in [0.2, 0.25) is 5.91 Å². The lowest BCUT2D eigenvalue weighted by Crippen LogP contribution is -2.42. The predicted octanol–water partition coefficient (Wildman–Crippen LogP) is 1.47. The van der Waals surface area contributed by atoms with E-state index in [9.17, 15) is 4.79 Å². The van der Waals surface area contributed by atoms with Crippen molar-refractivity contribution in [1.29, 1.82) is 0 Å². The molecule has 2 unspecified atom stereocenters. The third-order valence-electron chi connectivity index (χ3n) is 3.84. The van der Waals surface area contributed by atoms with Gasteiger partial charge in [-0.05, 0) is 53.5 Å². The lowest BCUT2D eigenvalue weighted by molar-refractivity contribution is -0.114. The zero-order chi connectivity index (χ0) is 14.5. The Kier molecular flexibility index (Phi) is 7.18. The molecule has 0 saturated heterocycles. The van der Waals surface area contributed by atoms with E-state index < -0.39 is 0 Å². The summed E-state index contributed by atoms with van der Waals surface area (Å²) in [5, 5.41) is 0. The fourth-order valence-corrected chi connectivity index (χ4v) is 2.36. The Labute approximate surface area is 112 Å². The van der Waals surface area contributed by atoms with Crippen LogP contribution in [-0.4, -0.2) is 55.0 Å². The Morgan fingerprint density at radius 1 is 1.11 bits per heavy atom. The highest BCUT2D eigenvalue weighted by atomic mass is 16.1. The van der Waals surface area contributed by atoms with Gasteiger partial charge in [0.1, 0.15) is 0 Å². The molecule has 4 heteroatoms. The number of rotatable bonds is 7. The number of primary amides is 1. The standard InChI is InChI=1S/C14H29N3O/c1-8-17(9-2)12(5)13(10(3)14(15)18)11(4)16(6)7/h11-12H,8-9H2,1-7H3,(H2,15,18)/b13-10-. The van der Waals surface area contributed by atoms with Gasteiger partial charge in [-0.1, -0.05) is 13.8 Å². The molecular weight excluding hydrogens is 226 g/mol. The minimum absolute atomic E-state index is 0.202. The fourth-order valence-electron chi connectivity index (χ4n) is 2.36. The molecule has 0 aromatic carbocycles. The summed E-state index contributed by atoms with van der Waals surface area (Å²) in [5.74, 6) is -0.322. The summed E-state index contributed by atoms with van der Waals surface area (Å²) in [7, 11) is 4.04. The third kappa shape index (κ3) is 4.10. The molecule has 0 rings (SSSR count). The number of amides is 1. The largest absolute Gasteiger partial charge is 0.366 e. The van der Waals surface area contributed by atoms with Crippen LogP contribution in [0.1, 0.15) is 34.6 Å². The molecule has 0 aliphatic carbocycles. The van der Waals surface area contributed by atoms with Crippen molar-refractivity contribution in [2.75, 3.05) is 27.2 Å². The maximum Gasteiger partial charge on any atom is 0.244 e. The van der Waals surface area contributed by atoms with E-state index in [2.05, 4.69) is 37.5 Å². The van der Waals surface area contributed by atoms with E-state index in [0.717, 1.165) is 18.7 Å². The monoisotopic (exact) mass is 255 g/mol. The quantitative estimate of drug-likeness (QED) is 0.701. The maximum absolute atomic E-state index is 11.5. The van der Waals surface area contributed by atoms with Crippen LogP contribution in [0.4, 0.5) is 0 Å². The Morgan fingerprint density at radius 2 is 1.56 bits per heavy atom. The van der Waals surface area contributed by atoms with Crippen LogP contribution in [0.25, 0.3) is 0 Å². The molecule has 0 saturated carbocycles. The number of nitrogens with zero attached hydrogens (tertiary/aromatic N) is 2. The second-order valence-corrected chi connectivity index (χ2v) is 4.98. The minimum Gasteiger partial charge on any atom is -0.366 e. The lowest BCUT2D eigenvalue weighted by atomic mass is 9.93. The minimum atomic E-state index is -0.322. The molecule has 0 radical (unpaired) electrons. The van der Waals surface area contributed by atoms with E-state index >= 15 is 0 Å². The summed E-state index contributed by atoms with van der Waals surface area (Å²) in [4.78, 5) is 15.9. The molecular formula is C14H29N3O. The molecule has 0 aromatic rings. The Balaban J connectivity index is 5.49. The van der Waals surface area contributed by atoms with Crippen molar-refractivity contribution in [3.05, 3.63) is 11.1 Å². The topological polar surface area (TPSA) is 49.6 Å². The third-order valence-corrected chi connectivity index (χ3v) is 3.84. The summed E-state index contributed by atoms with van der Waals surface area (Å²) in [5.41, 5.74) is 7.27. The normalized spacial score (nSPS) is 16.7. The van der Waals surface area contributed by atoms with Crippen LogP contribution in [0.3, 0.4) is 0 Å². The number of hydrogen-bond donors (Lipinski definition) is 1. The average Bonchev–Trinajstić information content (AvgIpc) is 2.30. The van der Waals surface area contributed by atoms with E-state index in [1.54, 1.807) is 0 Å². The molecule has 4 nitrogen and oxygen atoms in total. The number of likely N-dealkylation sites (N-methyl/N-ethyl adjacent to an activating group) is 2. The van der Waals surface area contributed by atoms with E-state index in [-0.39, 0.29) is 18.0 Å². The highest BCUT2D eigenvalue weighted by Gasteiger charge is 2.25. The molecule has 0 heterocycles. The second-order valence-electron chi connectivity index (χ2n) is 4.98. The van der Waals surface area contributed by atoms with Crippen LogP contribution >= 0.6 is 0 Å². The number of carbonyl (C=O) groups is 1. The van der Waals surface area contributed by atoms with Gasteiger partial charge in [-0.25, -0.2) is 0 Å². The summed E-state index contributed by atoms with van der Waals surface area (Å²) < 4.78 is 0. The first-order valence-corrected chi connectivity index (χ1v) is 6.68. The summed E-state index contributed by atoms with van der Waals surface area (Å²) in [6.45, 7) is 12.3. The SMILES string of the molecule is CCN(CC)C(C)/C(=C(/C)C(N)=O)C(C)N(C)C. The molecule has 0 aliphatic heterocycles. The smallest absolute Gasteiger partial charge is 0.244 e. The van der Waals surface area contributed by atoms with Crippen molar-refractivity contribution in [1.82, 2.24) is 9.80 Å². The van der Waals surface area contributed by atoms with Gasteiger partial charge in [0.25, 0.3) is 0 Å². The molecule has 0 fully saturated rings. The summed E-state index contributed by atoms with van der Waals surface area (Å²) in [6, 6.07) is 0.429. The van der Waals surface area contributed by atoms with Gasteiger partial charge in [-0.3, -0.25) is 9.69 Å². The van der Waals surface area contributed by atoms with Crippen LogP contribution in [0.5, 0.6) is 0 Å². The molecule has 0 aliphatic rings. The first kappa shape index (κ1) is 17.1.